The number of carbonyl (C=O) groups excluding carboxylic acids is 2. The second kappa shape index (κ2) is 6.71. The molecule has 0 spiro atoms. The van der Waals surface area contributed by atoms with Gasteiger partial charge in [0.05, 0.1) is 12.2 Å². The van der Waals surface area contributed by atoms with Crippen LogP contribution >= 0.6 is 11.6 Å². The Kier molecular flexibility index (Phi) is 4.78. The van der Waals surface area contributed by atoms with E-state index in [2.05, 4.69) is 0 Å². The molecule has 0 aromatic rings. The predicted molar refractivity (Wildman–Crippen MR) is 113 cm³/mol. The number of fused-ring (bicyclic) bond motifs is 7. The number of Topliss-reactive ketones (excluding diaryl/α,β-unsaturated/α-hetero) is 1. The van der Waals surface area contributed by atoms with Crippen molar-refractivity contribution in [3.63, 3.8) is 0 Å². The van der Waals surface area contributed by atoms with E-state index in [9.17, 15) is 19.1 Å². The summed E-state index contributed by atoms with van der Waals surface area (Å²) in [7, 11) is 0. The number of ketones is 2. The molecule has 0 aromatic carbocycles. The first-order valence-electron chi connectivity index (χ1n) is 11.3. The van der Waals surface area contributed by atoms with E-state index in [4.69, 9.17) is 21.1 Å². The molecule has 9 heteroatoms. The molecule has 5 nitrogen and oxygen atoms in total. The van der Waals surface area contributed by atoms with E-state index in [0.29, 0.717) is 0 Å². The fourth-order valence-corrected chi connectivity index (χ4v) is 8.06. The Morgan fingerprint density at radius 1 is 1.24 bits per heavy atom. The number of alkyl halides is 4. The molecule has 1 N–H and O–H groups in total. The van der Waals surface area contributed by atoms with Crippen molar-refractivity contribution in [3.05, 3.63) is 23.8 Å². The first kappa shape index (κ1) is 23.5. The van der Waals surface area contributed by atoms with E-state index in [-0.39, 0.29) is 24.8 Å². The Labute approximate surface area is 195 Å². The van der Waals surface area contributed by atoms with Gasteiger partial charge in [-0.05, 0) is 63.7 Å². The lowest BCUT2D eigenvalue weighted by molar-refractivity contribution is -0.248. The van der Waals surface area contributed by atoms with Crippen LogP contribution < -0.4 is 0 Å². The zero-order chi connectivity index (χ0) is 24.4. The zero-order valence-corrected chi connectivity index (χ0v) is 19.7. The molecule has 1 saturated heterocycles. The third-order valence-electron chi connectivity index (χ3n) is 9.19. The lowest BCUT2D eigenvalue weighted by atomic mass is 9.44. The number of hydrogen-bond donors (Lipinski definition) is 1. The number of aliphatic hydroxyl groups excluding tert-OH is 1. The predicted octanol–water partition coefficient (Wildman–Crippen LogP) is 3.91. The maximum absolute atomic E-state index is 17.2. The lowest BCUT2D eigenvalue weighted by Crippen LogP contribution is -2.71. The van der Waals surface area contributed by atoms with Crippen LogP contribution in [0.5, 0.6) is 0 Å². The Bertz CT molecular complexity index is 997. The minimum Gasteiger partial charge on any atom is -0.390 e. The third kappa shape index (κ3) is 2.61. The summed E-state index contributed by atoms with van der Waals surface area (Å²) < 4.78 is 59.0. The second-order valence-corrected chi connectivity index (χ2v) is 11.5. The van der Waals surface area contributed by atoms with Crippen LogP contribution in [0.25, 0.3) is 0 Å². The van der Waals surface area contributed by atoms with Crippen LogP contribution in [0.3, 0.4) is 0 Å². The monoisotopic (exact) mass is 488 g/mol. The van der Waals surface area contributed by atoms with Crippen LogP contribution in [0.1, 0.15) is 47.0 Å². The maximum Gasteiger partial charge on any atom is 0.234 e. The quantitative estimate of drug-likeness (QED) is 0.597. The van der Waals surface area contributed by atoms with E-state index in [1.165, 1.54) is 19.1 Å². The number of allylic oxidation sites excluding steroid dienone is 4. The topological polar surface area (TPSA) is 72.8 Å². The van der Waals surface area contributed by atoms with E-state index in [0.717, 1.165) is 6.08 Å². The lowest BCUT2D eigenvalue weighted by Gasteiger charge is -2.63. The van der Waals surface area contributed by atoms with Crippen molar-refractivity contribution in [3.8, 4) is 0 Å². The van der Waals surface area contributed by atoms with Crippen LogP contribution in [0.2, 0.25) is 0 Å². The van der Waals surface area contributed by atoms with Crippen molar-refractivity contribution in [1.82, 2.24) is 0 Å². The molecule has 0 radical (unpaired) electrons. The normalized spacial score (nSPS) is 52.9. The van der Waals surface area contributed by atoms with Gasteiger partial charge in [0.1, 0.15) is 6.17 Å². The Hall–Kier alpha value is -1.22. The molecule has 4 aliphatic carbocycles. The average molecular weight is 489 g/mol. The molecule has 4 fully saturated rings. The highest BCUT2D eigenvalue weighted by Crippen LogP contribution is 2.72. The van der Waals surface area contributed by atoms with Crippen molar-refractivity contribution in [2.75, 3.05) is 0 Å². The zero-order valence-electron chi connectivity index (χ0n) is 18.9. The van der Waals surface area contributed by atoms with E-state index in [1.807, 2.05) is 0 Å². The molecule has 0 aromatic heterocycles. The molecule has 33 heavy (non-hydrogen) atoms. The molecule has 0 amide bonds. The van der Waals surface area contributed by atoms with Crippen LogP contribution in [-0.2, 0) is 19.1 Å². The van der Waals surface area contributed by atoms with E-state index < -0.39 is 75.3 Å². The molecule has 3 saturated carbocycles. The Morgan fingerprint density at radius 3 is 2.55 bits per heavy atom. The summed E-state index contributed by atoms with van der Waals surface area (Å²) >= 11 is 5.61. The molecular weight excluding hydrogens is 461 g/mol. The molecule has 1 aliphatic heterocycles. The minimum atomic E-state index is -2.38. The fourth-order valence-electron chi connectivity index (χ4n) is 7.90. The molecule has 5 aliphatic rings. The van der Waals surface area contributed by atoms with Crippen LogP contribution in [0.4, 0.5) is 13.2 Å². The highest BCUT2D eigenvalue weighted by atomic mass is 35.5. The number of halogens is 4. The highest BCUT2D eigenvalue weighted by molar-refractivity contribution is 6.31. The van der Waals surface area contributed by atoms with Gasteiger partial charge in [-0.15, -0.1) is 0 Å². The van der Waals surface area contributed by atoms with E-state index >= 15 is 8.78 Å². The van der Waals surface area contributed by atoms with Crippen molar-refractivity contribution >= 4 is 23.2 Å². The van der Waals surface area contributed by atoms with Gasteiger partial charge in [-0.2, -0.15) is 0 Å². The summed E-state index contributed by atoms with van der Waals surface area (Å²) in [4.78, 5) is 25.1. The average Bonchev–Trinajstić information content (AvgIpc) is 3.11. The van der Waals surface area contributed by atoms with Crippen molar-refractivity contribution in [2.45, 2.75) is 88.0 Å². The largest absolute Gasteiger partial charge is 0.390 e. The van der Waals surface area contributed by atoms with Gasteiger partial charge < -0.3 is 14.6 Å². The van der Waals surface area contributed by atoms with Crippen molar-refractivity contribution in [2.24, 2.45) is 22.7 Å². The van der Waals surface area contributed by atoms with Gasteiger partial charge in [-0.3, -0.25) is 9.59 Å². The van der Waals surface area contributed by atoms with Gasteiger partial charge in [0.2, 0.25) is 11.4 Å². The number of rotatable bonds is 2. The number of aliphatic hydroxyl groups is 1. The standard InChI is InChI=1S/C24H28ClF3O5/c1-20(2)32-17-9-12-13-8-15(26)14-7-11(29)5-6-21(14,3)23(13,28)16(30)10-22(12,4)24(17,33-20)18(31)19(25)27/h5-7,12-13,15-17,19,30H,8-10H2,1-4H3/t12-,13-,15-,16-,17+,19?,21-,22-,23-,24-/m0/s1. The summed E-state index contributed by atoms with van der Waals surface area (Å²) in [5, 5.41) is 11.3. The van der Waals surface area contributed by atoms with Gasteiger partial charge in [0.15, 0.2) is 22.8 Å². The van der Waals surface area contributed by atoms with Gasteiger partial charge in [0, 0.05) is 16.7 Å². The number of ether oxygens (including phenoxy) is 2. The van der Waals surface area contributed by atoms with Crippen LogP contribution in [-0.4, -0.2) is 57.7 Å². The van der Waals surface area contributed by atoms with Gasteiger partial charge in [-0.25, -0.2) is 13.2 Å². The van der Waals surface area contributed by atoms with Gasteiger partial charge in [0.25, 0.3) is 0 Å². The highest BCUT2D eigenvalue weighted by Gasteiger charge is 2.81. The van der Waals surface area contributed by atoms with Crippen LogP contribution in [0, 0.1) is 22.7 Å². The summed E-state index contributed by atoms with van der Waals surface area (Å²) in [6.45, 7) is 6.34. The Balaban J connectivity index is 1.67. The summed E-state index contributed by atoms with van der Waals surface area (Å²) in [5.74, 6) is -4.36. The fraction of sp³-hybridized carbons (Fsp3) is 0.750. The van der Waals surface area contributed by atoms with Gasteiger partial charge in [-0.1, -0.05) is 24.6 Å². The van der Waals surface area contributed by atoms with E-state index in [1.54, 1.807) is 20.8 Å². The molecule has 10 atom stereocenters. The van der Waals surface area contributed by atoms with Crippen molar-refractivity contribution < 1.29 is 37.3 Å². The molecular formula is C24H28ClF3O5. The molecule has 1 heterocycles. The molecule has 182 valence electrons. The first-order chi connectivity index (χ1) is 15.1. The molecule has 5 rings (SSSR count). The maximum atomic E-state index is 17.2. The smallest absolute Gasteiger partial charge is 0.234 e. The van der Waals surface area contributed by atoms with Crippen LogP contribution in [0.15, 0.2) is 23.8 Å². The number of carbonyl (C=O) groups is 2. The van der Waals surface area contributed by atoms with Crippen molar-refractivity contribution in [1.29, 1.82) is 0 Å². The SMILES string of the molecule is CC1(C)O[C@@H]2C[C@H]3[C@@H]4C[C@H](F)C5=CC(=O)C=C[C@]5(C)[C@@]4(F)[C@@H](O)C[C@]3(C)[C@]2(C(=O)C(F)Cl)O1. The first-order valence-corrected chi connectivity index (χ1v) is 11.7. The minimum absolute atomic E-state index is 0.0126. The third-order valence-corrected chi connectivity index (χ3v) is 9.38. The summed E-state index contributed by atoms with van der Waals surface area (Å²) in [6, 6.07) is 0. The van der Waals surface area contributed by atoms with Gasteiger partial charge >= 0.3 is 0 Å². The number of hydrogen-bond acceptors (Lipinski definition) is 5. The molecule has 1 unspecified atom stereocenters. The Morgan fingerprint density at radius 2 is 1.91 bits per heavy atom. The second-order valence-electron chi connectivity index (χ2n) is 11.1. The summed E-state index contributed by atoms with van der Waals surface area (Å²) in [6.07, 6.45) is -0.896. The summed E-state index contributed by atoms with van der Waals surface area (Å²) in [5.41, 5.74) is -9.32. The molecule has 0 bridgehead atoms.